The van der Waals surface area contributed by atoms with Crippen LogP contribution in [0.2, 0.25) is 0 Å². The van der Waals surface area contributed by atoms with Gasteiger partial charge in [-0.15, -0.1) is 0 Å². The molecule has 0 radical (unpaired) electrons. The number of morpholine rings is 1. The number of amides is 1. The SMILES string of the molecule is CCCN(CC(=O)O)CC(=O)N1C[C@@H](C)O[C@H](C)C1. The van der Waals surface area contributed by atoms with Crippen molar-refractivity contribution in [3.8, 4) is 0 Å². The van der Waals surface area contributed by atoms with Gasteiger partial charge >= 0.3 is 5.97 Å². The number of ether oxygens (including phenoxy) is 1. The minimum Gasteiger partial charge on any atom is -0.480 e. The highest BCUT2D eigenvalue weighted by molar-refractivity contribution is 5.79. The Bertz CT molecular complexity index is 312. The summed E-state index contributed by atoms with van der Waals surface area (Å²) in [6.07, 6.45) is 0.898. The Kier molecular flexibility index (Phi) is 6.24. The van der Waals surface area contributed by atoms with E-state index in [1.807, 2.05) is 20.8 Å². The van der Waals surface area contributed by atoms with Crippen LogP contribution in [0.1, 0.15) is 27.2 Å². The molecule has 1 amide bonds. The third-order valence-corrected chi connectivity index (χ3v) is 3.03. The van der Waals surface area contributed by atoms with Crippen molar-refractivity contribution in [3.63, 3.8) is 0 Å². The molecule has 0 bridgehead atoms. The number of hydrogen-bond donors (Lipinski definition) is 1. The van der Waals surface area contributed by atoms with Crippen LogP contribution >= 0.6 is 0 Å². The molecule has 6 nitrogen and oxygen atoms in total. The molecule has 1 saturated heterocycles. The van der Waals surface area contributed by atoms with Gasteiger partial charge < -0.3 is 14.7 Å². The van der Waals surface area contributed by atoms with Crippen LogP contribution in [0.3, 0.4) is 0 Å². The standard InChI is InChI=1S/C13H24N2O4/c1-4-5-14(9-13(17)18)8-12(16)15-6-10(2)19-11(3)7-15/h10-11H,4-9H2,1-3H3,(H,17,18)/t10-,11-/m1/s1. The summed E-state index contributed by atoms with van der Waals surface area (Å²) >= 11 is 0. The minimum atomic E-state index is -0.898. The third kappa shape index (κ3) is 5.57. The van der Waals surface area contributed by atoms with E-state index in [9.17, 15) is 9.59 Å². The molecular weight excluding hydrogens is 248 g/mol. The lowest BCUT2D eigenvalue weighted by Gasteiger charge is -2.36. The smallest absolute Gasteiger partial charge is 0.317 e. The minimum absolute atomic E-state index is 0.0169. The van der Waals surface area contributed by atoms with Crippen molar-refractivity contribution in [2.24, 2.45) is 0 Å². The van der Waals surface area contributed by atoms with Crippen LogP contribution < -0.4 is 0 Å². The van der Waals surface area contributed by atoms with E-state index >= 15 is 0 Å². The molecule has 2 atom stereocenters. The van der Waals surface area contributed by atoms with Crippen molar-refractivity contribution in [1.29, 1.82) is 0 Å². The molecule has 0 spiro atoms. The Hall–Kier alpha value is -1.14. The zero-order valence-corrected chi connectivity index (χ0v) is 12.0. The Balaban J connectivity index is 2.52. The monoisotopic (exact) mass is 272 g/mol. The van der Waals surface area contributed by atoms with Crippen LogP contribution in [0, 0.1) is 0 Å². The van der Waals surface area contributed by atoms with Crippen molar-refractivity contribution >= 4 is 11.9 Å². The summed E-state index contributed by atoms with van der Waals surface area (Å²) in [6, 6.07) is 0. The summed E-state index contributed by atoms with van der Waals surface area (Å²) in [5.41, 5.74) is 0. The number of rotatable bonds is 6. The maximum atomic E-state index is 12.2. The highest BCUT2D eigenvalue weighted by atomic mass is 16.5. The first-order valence-electron chi connectivity index (χ1n) is 6.79. The van der Waals surface area contributed by atoms with Gasteiger partial charge in [0.05, 0.1) is 25.3 Å². The van der Waals surface area contributed by atoms with Crippen LogP contribution in [-0.2, 0) is 14.3 Å². The van der Waals surface area contributed by atoms with Crippen molar-refractivity contribution < 1.29 is 19.4 Å². The Morgan fingerprint density at radius 1 is 1.26 bits per heavy atom. The maximum Gasteiger partial charge on any atom is 0.317 e. The van der Waals surface area contributed by atoms with E-state index in [2.05, 4.69) is 0 Å². The third-order valence-electron chi connectivity index (χ3n) is 3.03. The van der Waals surface area contributed by atoms with E-state index in [4.69, 9.17) is 9.84 Å². The van der Waals surface area contributed by atoms with Gasteiger partial charge in [-0.2, -0.15) is 0 Å². The van der Waals surface area contributed by atoms with Gasteiger partial charge in [0.25, 0.3) is 0 Å². The van der Waals surface area contributed by atoms with E-state index in [0.717, 1.165) is 6.42 Å². The zero-order chi connectivity index (χ0) is 14.4. The topological polar surface area (TPSA) is 70.1 Å². The molecule has 0 aromatic carbocycles. The highest BCUT2D eigenvalue weighted by Gasteiger charge is 2.27. The van der Waals surface area contributed by atoms with Gasteiger partial charge in [-0.1, -0.05) is 6.92 Å². The fourth-order valence-corrected chi connectivity index (χ4v) is 2.39. The normalized spacial score (nSPS) is 23.7. The molecule has 19 heavy (non-hydrogen) atoms. The van der Waals surface area contributed by atoms with E-state index in [1.165, 1.54) is 0 Å². The largest absolute Gasteiger partial charge is 0.480 e. The first-order valence-corrected chi connectivity index (χ1v) is 6.79. The first kappa shape index (κ1) is 15.9. The molecule has 1 rings (SSSR count). The summed E-state index contributed by atoms with van der Waals surface area (Å²) in [6.45, 7) is 7.71. The van der Waals surface area contributed by atoms with Crippen molar-refractivity contribution in [3.05, 3.63) is 0 Å². The molecule has 0 aliphatic carbocycles. The van der Waals surface area contributed by atoms with Crippen molar-refractivity contribution in [2.45, 2.75) is 39.4 Å². The molecule has 1 aliphatic rings. The van der Waals surface area contributed by atoms with Gasteiger partial charge in [0, 0.05) is 13.1 Å². The van der Waals surface area contributed by atoms with Crippen molar-refractivity contribution in [1.82, 2.24) is 9.80 Å². The number of carbonyl (C=O) groups excluding carboxylic acids is 1. The Morgan fingerprint density at radius 2 is 1.84 bits per heavy atom. The van der Waals surface area contributed by atoms with E-state index in [-0.39, 0.29) is 31.2 Å². The average molecular weight is 272 g/mol. The molecule has 1 N–H and O–H groups in total. The van der Waals surface area contributed by atoms with Gasteiger partial charge in [-0.25, -0.2) is 0 Å². The van der Waals surface area contributed by atoms with Gasteiger partial charge in [0.1, 0.15) is 0 Å². The lowest BCUT2D eigenvalue weighted by Crippen LogP contribution is -2.51. The molecule has 110 valence electrons. The maximum absolute atomic E-state index is 12.2. The van der Waals surface area contributed by atoms with E-state index in [1.54, 1.807) is 9.80 Å². The predicted octanol–water partition coefficient (Wildman–Crippen LogP) is 0.419. The number of aliphatic carboxylic acids is 1. The second-order valence-electron chi connectivity index (χ2n) is 5.16. The number of nitrogens with zero attached hydrogens (tertiary/aromatic N) is 2. The number of carbonyl (C=O) groups is 2. The summed E-state index contributed by atoms with van der Waals surface area (Å²) < 4.78 is 5.58. The molecule has 0 saturated carbocycles. The summed E-state index contributed by atoms with van der Waals surface area (Å²) in [5, 5.41) is 8.83. The van der Waals surface area contributed by atoms with E-state index in [0.29, 0.717) is 19.6 Å². The van der Waals surface area contributed by atoms with Crippen molar-refractivity contribution in [2.75, 3.05) is 32.7 Å². The lowest BCUT2D eigenvalue weighted by molar-refractivity contribution is -0.145. The molecular formula is C13H24N2O4. The number of hydrogen-bond acceptors (Lipinski definition) is 4. The van der Waals surface area contributed by atoms with Crippen LogP contribution in [0.25, 0.3) is 0 Å². The Morgan fingerprint density at radius 3 is 2.32 bits per heavy atom. The molecule has 1 aliphatic heterocycles. The predicted molar refractivity (Wildman–Crippen MR) is 71.0 cm³/mol. The molecule has 6 heteroatoms. The molecule has 0 unspecified atom stereocenters. The summed E-state index contributed by atoms with van der Waals surface area (Å²) in [5.74, 6) is -0.915. The summed E-state index contributed by atoms with van der Waals surface area (Å²) in [7, 11) is 0. The Labute approximate surface area is 114 Å². The second kappa shape index (κ2) is 7.45. The molecule has 1 heterocycles. The summed E-state index contributed by atoms with van der Waals surface area (Å²) in [4.78, 5) is 26.4. The highest BCUT2D eigenvalue weighted by Crippen LogP contribution is 2.11. The van der Waals surface area contributed by atoms with Gasteiger partial charge in [0.2, 0.25) is 5.91 Å². The second-order valence-corrected chi connectivity index (χ2v) is 5.16. The van der Waals surface area contributed by atoms with Crippen LogP contribution in [0.4, 0.5) is 0 Å². The van der Waals surface area contributed by atoms with Crippen LogP contribution in [0.5, 0.6) is 0 Å². The number of carboxylic acid groups (broad SMARTS) is 1. The fourth-order valence-electron chi connectivity index (χ4n) is 2.39. The van der Waals surface area contributed by atoms with Crippen LogP contribution in [0.15, 0.2) is 0 Å². The zero-order valence-electron chi connectivity index (χ0n) is 12.0. The molecule has 0 aromatic rings. The molecule has 1 fully saturated rings. The number of carboxylic acids is 1. The average Bonchev–Trinajstić information content (AvgIpc) is 2.26. The van der Waals surface area contributed by atoms with E-state index < -0.39 is 5.97 Å². The molecule has 0 aromatic heterocycles. The van der Waals surface area contributed by atoms with Gasteiger partial charge in [-0.3, -0.25) is 14.5 Å². The van der Waals surface area contributed by atoms with Gasteiger partial charge in [0.15, 0.2) is 0 Å². The first-order chi connectivity index (χ1) is 8.92. The van der Waals surface area contributed by atoms with Crippen LogP contribution in [-0.4, -0.2) is 71.7 Å². The van der Waals surface area contributed by atoms with Gasteiger partial charge in [-0.05, 0) is 26.8 Å². The fraction of sp³-hybridized carbons (Fsp3) is 0.846. The quantitative estimate of drug-likeness (QED) is 0.759. The lowest BCUT2D eigenvalue weighted by atomic mass is 10.2.